The van der Waals surface area contributed by atoms with E-state index >= 15 is 0 Å². The molecule has 0 aliphatic carbocycles. The number of aromatic nitrogens is 3. The third-order valence-corrected chi connectivity index (χ3v) is 6.09. The zero-order valence-electron chi connectivity index (χ0n) is 13.7. The van der Waals surface area contributed by atoms with Crippen molar-refractivity contribution in [2.45, 2.75) is 24.3 Å². The van der Waals surface area contributed by atoms with Crippen LogP contribution in [0.3, 0.4) is 0 Å². The third kappa shape index (κ3) is 2.97. The van der Waals surface area contributed by atoms with E-state index in [9.17, 15) is 13.2 Å². The highest BCUT2D eigenvalue weighted by Crippen LogP contribution is 2.19. The Bertz CT molecular complexity index is 1060. The Morgan fingerprint density at radius 2 is 1.96 bits per heavy atom. The molecule has 0 bridgehead atoms. The third-order valence-electron chi connectivity index (χ3n) is 4.18. The minimum atomic E-state index is -3.79. The van der Waals surface area contributed by atoms with Gasteiger partial charge in [0.15, 0.2) is 11.6 Å². The molecule has 3 aromatic rings. The Morgan fingerprint density at radius 3 is 2.69 bits per heavy atom. The maximum absolute atomic E-state index is 12.7. The first-order valence-electron chi connectivity index (χ1n) is 8.12. The first-order chi connectivity index (χ1) is 12.6. The highest BCUT2D eigenvalue weighted by atomic mass is 32.2. The number of nitrogens with zero attached hydrogens (tertiary/aromatic N) is 4. The molecule has 3 aromatic heterocycles. The number of rotatable bonds is 5. The van der Waals surface area contributed by atoms with E-state index in [1.807, 2.05) is 0 Å². The van der Waals surface area contributed by atoms with Crippen molar-refractivity contribution in [1.29, 1.82) is 0 Å². The average molecular weight is 376 g/mol. The van der Waals surface area contributed by atoms with E-state index in [1.165, 1.54) is 33.5 Å². The number of pyridine rings is 1. The summed E-state index contributed by atoms with van der Waals surface area (Å²) in [5.41, 5.74) is -0.608. The second-order valence-electron chi connectivity index (χ2n) is 5.91. The number of hydrogen-bond donors (Lipinski definition) is 0. The number of sulfonamides is 1. The lowest BCUT2D eigenvalue weighted by Gasteiger charge is -2.15. The molecule has 1 aliphatic rings. The van der Waals surface area contributed by atoms with Crippen molar-refractivity contribution < 1.29 is 17.4 Å². The Morgan fingerprint density at radius 1 is 1.15 bits per heavy atom. The molecule has 0 aromatic carbocycles. The lowest BCUT2D eigenvalue weighted by Crippen LogP contribution is -2.34. The van der Waals surface area contributed by atoms with Gasteiger partial charge in [-0.3, -0.25) is 4.79 Å². The van der Waals surface area contributed by atoms with Gasteiger partial charge in [0.1, 0.15) is 4.90 Å². The number of furan rings is 1. The van der Waals surface area contributed by atoms with Crippen molar-refractivity contribution in [1.82, 2.24) is 19.0 Å². The normalized spacial score (nSPS) is 15.5. The molecule has 0 spiro atoms. The van der Waals surface area contributed by atoms with E-state index in [2.05, 4.69) is 10.1 Å². The lowest BCUT2D eigenvalue weighted by atomic mass is 10.4. The van der Waals surface area contributed by atoms with Gasteiger partial charge in [-0.1, -0.05) is 5.16 Å². The largest absolute Gasteiger partial charge is 0.459 e. The molecule has 26 heavy (non-hydrogen) atoms. The van der Waals surface area contributed by atoms with E-state index in [1.54, 1.807) is 12.1 Å². The van der Waals surface area contributed by atoms with Crippen LogP contribution in [0.25, 0.3) is 11.7 Å². The Balaban J connectivity index is 1.63. The molecule has 1 aliphatic heterocycles. The fourth-order valence-corrected chi connectivity index (χ4v) is 4.48. The molecule has 4 rings (SSSR count). The maximum Gasteiger partial charge on any atom is 0.293 e. The smallest absolute Gasteiger partial charge is 0.293 e. The zero-order chi connectivity index (χ0) is 18.1. The molecule has 4 heterocycles. The predicted octanol–water partition coefficient (Wildman–Crippen LogP) is 1.32. The molecule has 0 radical (unpaired) electrons. The van der Waals surface area contributed by atoms with Gasteiger partial charge in [-0.25, -0.2) is 8.42 Å². The minimum absolute atomic E-state index is 0.00754. The SMILES string of the molecule is O=c1c(S(=O)(=O)N2CCCC2)cccn1Cc1noc(-c2ccco2)n1. The molecule has 10 heteroatoms. The molecule has 9 nitrogen and oxygen atoms in total. The molecule has 0 N–H and O–H groups in total. The molecule has 136 valence electrons. The molecule has 0 unspecified atom stereocenters. The van der Waals surface area contributed by atoms with Gasteiger partial charge in [0, 0.05) is 19.3 Å². The summed E-state index contributed by atoms with van der Waals surface area (Å²) in [5.74, 6) is 0.856. The summed E-state index contributed by atoms with van der Waals surface area (Å²) >= 11 is 0. The zero-order valence-corrected chi connectivity index (χ0v) is 14.6. The van der Waals surface area contributed by atoms with Crippen molar-refractivity contribution in [3.05, 3.63) is 52.9 Å². The first kappa shape index (κ1) is 16.7. The van der Waals surface area contributed by atoms with E-state index in [-0.39, 0.29) is 23.2 Å². The average Bonchev–Trinajstić information content (AvgIpc) is 3.38. The van der Waals surface area contributed by atoms with Crippen molar-refractivity contribution in [2.75, 3.05) is 13.1 Å². The second kappa shape index (κ2) is 6.54. The topological polar surface area (TPSA) is 111 Å². The Labute approximate surface area is 148 Å². The van der Waals surface area contributed by atoms with Crippen LogP contribution in [0.15, 0.2) is 55.4 Å². The molecule has 0 saturated carbocycles. The summed E-state index contributed by atoms with van der Waals surface area (Å²) < 4.78 is 38.2. The first-order valence-corrected chi connectivity index (χ1v) is 9.56. The highest BCUT2D eigenvalue weighted by molar-refractivity contribution is 7.89. The van der Waals surface area contributed by atoms with E-state index in [0.717, 1.165) is 12.8 Å². The van der Waals surface area contributed by atoms with Gasteiger partial charge < -0.3 is 13.5 Å². The van der Waals surface area contributed by atoms with Gasteiger partial charge in [-0.05, 0) is 37.1 Å². The van der Waals surface area contributed by atoms with Crippen molar-refractivity contribution in [2.24, 2.45) is 0 Å². The van der Waals surface area contributed by atoms with Crippen molar-refractivity contribution >= 4 is 10.0 Å². The molecular weight excluding hydrogens is 360 g/mol. The van der Waals surface area contributed by atoms with Crippen LogP contribution in [0.4, 0.5) is 0 Å². The molecular formula is C16H16N4O5S. The van der Waals surface area contributed by atoms with Gasteiger partial charge in [-0.15, -0.1) is 0 Å². The fraction of sp³-hybridized carbons (Fsp3) is 0.312. The standard InChI is InChI=1S/C16H16N4O5S/c21-16-13(26(22,23)20-8-1-2-9-20)6-3-7-19(16)11-14-17-15(25-18-14)12-5-4-10-24-12/h3-7,10H,1-2,8-9,11H2. The van der Waals surface area contributed by atoms with Crippen molar-refractivity contribution in [3.8, 4) is 11.7 Å². The number of hydrogen-bond acceptors (Lipinski definition) is 7. The summed E-state index contributed by atoms with van der Waals surface area (Å²) in [6, 6.07) is 6.22. The van der Waals surface area contributed by atoms with Crippen LogP contribution in [-0.4, -0.2) is 40.5 Å². The van der Waals surface area contributed by atoms with Gasteiger partial charge in [0.25, 0.3) is 11.4 Å². The maximum atomic E-state index is 12.7. The Hall–Kier alpha value is -2.72. The quantitative estimate of drug-likeness (QED) is 0.660. The second-order valence-corrected chi connectivity index (χ2v) is 7.82. The molecule has 0 atom stereocenters. The van der Waals surface area contributed by atoms with E-state index in [4.69, 9.17) is 8.94 Å². The fourth-order valence-electron chi connectivity index (χ4n) is 2.87. The van der Waals surface area contributed by atoms with Gasteiger partial charge in [0.2, 0.25) is 10.0 Å². The minimum Gasteiger partial charge on any atom is -0.459 e. The van der Waals surface area contributed by atoms with Crippen LogP contribution >= 0.6 is 0 Å². The van der Waals surface area contributed by atoms with Crippen molar-refractivity contribution in [3.63, 3.8) is 0 Å². The summed E-state index contributed by atoms with van der Waals surface area (Å²) in [6.45, 7) is 0.869. The van der Waals surface area contributed by atoms with Crippen LogP contribution in [0.2, 0.25) is 0 Å². The summed E-state index contributed by atoms with van der Waals surface area (Å²) in [5, 5.41) is 3.81. The molecule has 1 saturated heterocycles. The van der Waals surface area contributed by atoms with Crippen LogP contribution in [0.1, 0.15) is 18.7 Å². The lowest BCUT2D eigenvalue weighted by molar-refractivity contribution is 0.407. The van der Waals surface area contributed by atoms with E-state index < -0.39 is 15.6 Å². The van der Waals surface area contributed by atoms with E-state index in [0.29, 0.717) is 18.8 Å². The highest BCUT2D eigenvalue weighted by Gasteiger charge is 2.30. The van der Waals surface area contributed by atoms with Gasteiger partial charge in [0.05, 0.1) is 12.8 Å². The van der Waals surface area contributed by atoms with Gasteiger partial charge in [-0.2, -0.15) is 9.29 Å². The van der Waals surface area contributed by atoms with Crippen LogP contribution < -0.4 is 5.56 Å². The predicted molar refractivity (Wildman–Crippen MR) is 89.8 cm³/mol. The van der Waals surface area contributed by atoms with Crippen LogP contribution in [0, 0.1) is 0 Å². The van der Waals surface area contributed by atoms with Crippen LogP contribution in [-0.2, 0) is 16.6 Å². The van der Waals surface area contributed by atoms with Crippen LogP contribution in [0.5, 0.6) is 0 Å². The summed E-state index contributed by atoms with van der Waals surface area (Å²) in [6.07, 6.45) is 4.59. The molecule has 0 amide bonds. The molecule has 1 fully saturated rings. The Kier molecular flexibility index (Phi) is 4.21. The summed E-state index contributed by atoms with van der Waals surface area (Å²) in [7, 11) is -3.79. The monoisotopic (exact) mass is 376 g/mol. The summed E-state index contributed by atoms with van der Waals surface area (Å²) in [4.78, 5) is 16.6. The van der Waals surface area contributed by atoms with Gasteiger partial charge >= 0.3 is 0 Å².